The quantitative estimate of drug-likeness (QED) is 0.787. The Hall–Kier alpha value is -1.06. The maximum absolute atomic E-state index is 5.91. The van der Waals surface area contributed by atoms with E-state index in [0.717, 1.165) is 31.8 Å². The second-order valence-electron chi connectivity index (χ2n) is 5.13. The van der Waals surface area contributed by atoms with Crippen LogP contribution in [0.15, 0.2) is 18.2 Å². The molecule has 1 heterocycles. The molecule has 0 saturated carbocycles. The van der Waals surface area contributed by atoms with Crippen molar-refractivity contribution in [3.8, 4) is 0 Å². The minimum Gasteiger partial charge on any atom is -0.399 e. The average Bonchev–Trinajstić information content (AvgIpc) is 2.82. The number of hydrogen-bond acceptors (Lipinski definition) is 3. The highest BCUT2D eigenvalue weighted by Crippen LogP contribution is 2.23. The van der Waals surface area contributed by atoms with E-state index >= 15 is 0 Å². The topological polar surface area (TPSA) is 47.3 Å². The van der Waals surface area contributed by atoms with Crippen LogP contribution in [0.3, 0.4) is 0 Å². The van der Waals surface area contributed by atoms with E-state index in [1.807, 2.05) is 12.1 Å². The predicted molar refractivity (Wildman–Crippen MR) is 75.4 cm³/mol. The van der Waals surface area contributed by atoms with Gasteiger partial charge >= 0.3 is 0 Å². The van der Waals surface area contributed by atoms with Crippen molar-refractivity contribution in [1.82, 2.24) is 5.32 Å². The normalized spacial score (nSPS) is 23.4. The highest BCUT2D eigenvalue weighted by molar-refractivity contribution is 5.49. The summed E-state index contributed by atoms with van der Waals surface area (Å²) in [5.41, 5.74) is 9.28. The van der Waals surface area contributed by atoms with Gasteiger partial charge in [0.25, 0.3) is 0 Å². The smallest absolute Gasteiger partial charge is 0.0613 e. The van der Waals surface area contributed by atoms with E-state index in [0.29, 0.717) is 12.0 Å². The molecule has 2 atom stereocenters. The summed E-state index contributed by atoms with van der Waals surface area (Å²) in [6, 6.07) is 6.12. The first-order valence-electron chi connectivity index (χ1n) is 6.88. The number of rotatable bonds is 5. The molecule has 1 aromatic carbocycles. The van der Waals surface area contributed by atoms with Crippen LogP contribution in [0.5, 0.6) is 0 Å². The third kappa shape index (κ3) is 3.03. The van der Waals surface area contributed by atoms with Gasteiger partial charge in [-0.05, 0) is 42.9 Å². The first-order chi connectivity index (χ1) is 8.72. The Balaban J connectivity index is 1.83. The molecule has 18 heavy (non-hydrogen) atoms. The fourth-order valence-corrected chi connectivity index (χ4v) is 2.66. The molecule has 1 aliphatic heterocycles. The first kappa shape index (κ1) is 13.4. The molecule has 0 bridgehead atoms. The van der Waals surface area contributed by atoms with Crippen LogP contribution in [0.4, 0.5) is 5.69 Å². The lowest BCUT2D eigenvalue weighted by Crippen LogP contribution is -2.28. The van der Waals surface area contributed by atoms with Gasteiger partial charge in [-0.3, -0.25) is 0 Å². The molecular weight excluding hydrogens is 224 g/mol. The van der Waals surface area contributed by atoms with Crippen LogP contribution in [0.25, 0.3) is 0 Å². The molecule has 0 spiro atoms. The Kier molecular flexibility index (Phi) is 4.61. The van der Waals surface area contributed by atoms with Crippen LogP contribution in [0, 0.1) is 12.8 Å². The Bertz CT molecular complexity index is 392. The van der Waals surface area contributed by atoms with E-state index in [2.05, 4.69) is 25.2 Å². The molecule has 1 aliphatic rings. The lowest BCUT2D eigenvalue weighted by Gasteiger charge is -2.18. The zero-order chi connectivity index (χ0) is 13.0. The molecule has 0 aliphatic carbocycles. The van der Waals surface area contributed by atoms with Gasteiger partial charge in [0.2, 0.25) is 0 Å². The number of benzene rings is 1. The lowest BCUT2D eigenvalue weighted by atomic mass is 9.99. The summed E-state index contributed by atoms with van der Waals surface area (Å²) in [7, 11) is 0. The van der Waals surface area contributed by atoms with E-state index < -0.39 is 0 Å². The summed E-state index contributed by atoms with van der Waals surface area (Å²) < 4.78 is 5.70. The van der Waals surface area contributed by atoms with Crippen LogP contribution in [0.2, 0.25) is 0 Å². The fraction of sp³-hybridized carbons (Fsp3) is 0.600. The molecule has 2 rings (SSSR count). The monoisotopic (exact) mass is 248 g/mol. The van der Waals surface area contributed by atoms with Crippen molar-refractivity contribution in [1.29, 1.82) is 0 Å². The summed E-state index contributed by atoms with van der Waals surface area (Å²) in [5, 5.41) is 3.54. The number of nitrogens with one attached hydrogen (secondary N) is 1. The van der Waals surface area contributed by atoms with E-state index in [4.69, 9.17) is 10.5 Å². The van der Waals surface area contributed by atoms with Gasteiger partial charge in [0.05, 0.1) is 6.10 Å². The summed E-state index contributed by atoms with van der Waals surface area (Å²) in [6.07, 6.45) is 2.74. The maximum Gasteiger partial charge on any atom is 0.0613 e. The summed E-state index contributed by atoms with van der Waals surface area (Å²) in [6.45, 7) is 7.13. The zero-order valence-corrected chi connectivity index (χ0v) is 11.4. The van der Waals surface area contributed by atoms with Crippen molar-refractivity contribution in [2.45, 2.75) is 39.3 Å². The molecule has 1 fully saturated rings. The van der Waals surface area contributed by atoms with Crippen molar-refractivity contribution < 1.29 is 4.74 Å². The van der Waals surface area contributed by atoms with Gasteiger partial charge in [0.1, 0.15) is 0 Å². The van der Waals surface area contributed by atoms with Crippen LogP contribution in [-0.4, -0.2) is 19.3 Å². The Morgan fingerprint density at radius 2 is 2.28 bits per heavy atom. The van der Waals surface area contributed by atoms with E-state index in [1.54, 1.807) is 0 Å². The van der Waals surface area contributed by atoms with Gasteiger partial charge in [-0.15, -0.1) is 0 Å². The van der Waals surface area contributed by atoms with Crippen LogP contribution < -0.4 is 11.1 Å². The number of hydrogen-bond donors (Lipinski definition) is 2. The zero-order valence-electron chi connectivity index (χ0n) is 11.4. The second kappa shape index (κ2) is 6.21. The molecule has 1 saturated heterocycles. The average molecular weight is 248 g/mol. The largest absolute Gasteiger partial charge is 0.399 e. The Morgan fingerprint density at radius 3 is 3.06 bits per heavy atom. The Labute approximate surface area is 110 Å². The predicted octanol–water partition coefficient (Wildman–Crippen LogP) is 2.48. The molecular formula is C15H24N2O. The molecule has 100 valence electrons. The maximum atomic E-state index is 5.91. The standard InChI is InChI=1S/C15H24N2O/c1-3-15-13(7-8-18-15)10-17-9-12-5-4-6-14(16)11(12)2/h4-6,13,15,17H,3,7-10,16H2,1-2H3. The minimum absolute atomic E-state index is 0.444. The van der Waals surface area contributed by atoms with Gasteiger partial charge in [-0.1, -0.05) is 19.1 Å². The van der Waals surface area contributed by atoms with Gasteiger partial charge in [-0.25, -0.2) is 0 Å². The Morgan fingerprint density at radius 1 is 1.44 bits per heavy atom. The highest BCUT2D eigenvalue weighted by atomic mass is 16.5. The fourth-order valence-electron chi connectivity index (χ4n) is 2.66. The number of nitrogens with two attached hydrogens (primary N) is 1. The second-order valence-corrected chi connectivity index (χ2v) is 5.13. The van der Waals surface area contributed by atoms with E-state index in [1.165, 1.54) is 17.5 Å². The van der Waals surface area contributed by atoms with Crippen molar-refractivity contribution in [2.24, 2.45) is 5.92 Å². The van der Waals surface area contributed by atoms with Crippen molar-refractivity contribution in [3.05, 3.63) is 29.3 Å². The van der Waals surface area contributed by atoms with Crippen LogP contribution in [-0.2, 0) is 11.3 Å². The number of ether oxygens (including phenoxy) is 1. The first-order valence-corrected chi connectivity index (χ1v) is 6.88. The van der Waals surface area contributed by atoms with Crippen LogP contribution >= 0.6 is 0 Å². The van der Waals surface area contributed by atoms with Gasteiger partial charge in [-0.2, -0.15) is 0 Å². The molecule has 1 aromatic rings. The molecule has 3 nitrogen and oxygen atoms in total. The van der Waals surface area contributed by atoms with Crippen molar-refractivity contribution >= 4 is 5.69 Å². The van der Waals surface area contributed by atoms with Gasteiger partial charge in [0.15, 0.2) is 0 Å². The molecule has 0 radical (unpaired) electrons. The minimum atomic E-state index is 0.444. The third-order valence-corrected chi connectivity index (χ3v) is 3.96. The van der Waals surface area contributed by atoms with Gasteiger partial charge in [0, 0.05) is 25.4 Å². The van der Waals surface area contributed by atoms with Crippen molar-refractivity contribution in [3.63, 3.8) is 0 Å². The molecule has 3 N–H and O–H groups in total. The number of anilines is 1. The summed E-state index contributed by atoms with van der Waals surface area (Å²) >= 11 is 0. The highest BCUT2D eigenvalue weighted by Gasteiger charge is 2.25. The summed E-state index contributed by atoms with van der Waals surface area (Å²) in [4.78, 5) is 0. The number of nitrogen functional groups attached to an aromatic ring is 1. The molecule has 0 aromatic heterocycles. The van der Waals surface area contributed by atoms with E-state index in [-0.39, 0.29) is 0 Å². The summed E-state index contributed by atoms with van der Waals surface area (Å²) in [5.74, 6) is 0.663. The molecule has 0 amide bonds. The lowest BCUT2D eigenvalue weighted by molar-refractivity contribution is 0.0872. The van der Waals surface area contributed by atoms with Crippen molar-refractivity contribution in [2.75, 3.05) is 18.9 Å². The van der Waals surface area contributed by atoms with E-state index in [9.17, 15) is 0 Å². The van der Waals surface area contributed by atoms with Crippen LogP contribution in [0.1, 0.15) is 30.9 Å². The molecule has 2 unspecified atom stereocenters. The van der Waals surface area contributed by atoms with Gasteiger partial charge < -0.3 is 15.8 Å². The molecule has 3 heteroatoms. The third-order valence-electron chi connectivity index (χ3n) is 3.96. The SMILES string of the molecule is CCC1OCCC1CNCc1cccc(N)c1C.